The van der Waals surface area contributed by atoms with Crippen LogP contribution in [0.15, 0.2) is 41.9 Å². The number of hydrogen-bond donors (Lipinski definition) is 1. The third-order valence-corrected chi connectivity index (χ3v) is 4.93. The molecule has 0 saturated heterocycles. The number of aryl methyl sites for hydroxylation is 1. The first kappa shape index (κ1) is 11.8. The number of para-hydroxylation sites is 1. The molecule has 2 aromatic heterocycles. The molecule has 0 spiro atoms. The molecule has 0 atom stereocenters. The van der Waals surface area contributed by atoms with Gasteiger partial charge in [-0.15, -0.1) is 11.3 Å². The number of fused-ring (bicyclic) bond motifs is 2. The van der Waals surface area contributed by atoms with Gasteiger partial charge in [0.1, 0.15) is 0 Å². The first-order valence-electron chi connectivity index (χ1n) is 6.26. The maximum atomic E-state index is 4.67. The lowest BCUT2D eigenvalue weighted by molar-refractivity contribution is 1.40. The molecule has 20 heavy (non-hydrogen) atoms. The number of hydrogen-bond acceptors (Lipinski definition) is 5. The van der Waals surface area contributed by atoms with E-state index in [0.717, 1.165) is 21.9 Å². The van der Waals surface area contributed by atoms with Crippen molar-refractivity contribution >= 4 is 53.9 Å². The van der Waals surface area contributed by atoms with Gasteiger partial charge in [0.05, 0.1) is 25.9 Å². The fourth-order valence-corrected chi connectivity index (χ4v) is 3.88. The highest BCUT2D eigenvalue weighted by molar-refractivity contribution is 7.22. The molecule has 1 N–H and O–H groups in total. The van der Waals surface area contributed by atoms with Gasteiger partial charge in [-0.3, -0.25) is 0 Å². The third kappa shape index (κ3) is 1.95. The summed E-state index contributed by atoms with van der Waals surface area (Å²) in [5, 5.41) is 4.32. The minimum Gasteiger partial charge on any atom is -0.331 e. The molecular weight excluding hydrogens is 286 g/mol. The standard InChI is InChI=1S/C15H11N3S2/c1-9-3-2-4-12-14(9)18-15(20-12)17-10-5-6-11-13(7-10)19-8-16-11/h2-8H,1H3,(H,17,18). The number of aromatic nitrogens is 2. The summed E-state index contributed by atoms with van der Waals surface area (Å²) in [7, 11) is 0. The van der Waals surface area contributed by atoms with E-state index in [1.54, 1.807) is 22.7 Å². The van der Waals surface area contributed by atoms with Gasteiger partial charge >= 0.3 is 0 Å². The van der Waals surface area contributed by atoms with E-state index in [4.69, 9.17) is 0 Å². The molecule has 0 fully saturated rings. The second kappa shape index (κ2) is 4.54. The quantitative estimate of drug-likeness (QED) is 0.568. The highest BCUT2D eigenvalue weighted by Crippen LogP contribution is 2.31. The van der Waals surface area contributed by atoms with Crippen LogP contribution in [0.2, 0.25) is 0 Å². The van der Waals surface area contributed by atoms with Gasteiger partial charge in [0.25, 0.3) is 0 Å². The molecule has 2 heterocycles. The van der Waals surface area contributed by atoms with Gasteiger partial charge in [-0.05, 0) is 36.8 Å². The van der Waals surface area contributed by atoms with Crippen molar-refractivity contribution in [2.45, 2.75) is 6.92 Å². The monoisotopic (exact) mass is 297 g/mol. The van der Waals surface area contributed by atoms with E-state index in [-0.39, 0.29) is 0 Å². The number of nitrogens with zero attached hydrogens (tertiary/aromatic N) is 2. The first-order valence-corrected chi connectivity index (χ1v) is 7.96. The van der Waals surface area contributed by atoms with E-state index in [1.807, 2.05) is 17.6 Å². The summed E-state index contributed by atoms with van der Waals surface area (Å²) in [5.41, 5.74) is 6.26. The molecule has 4 aromatic rings. The smallest absolute Gasteiger partial charge is 0.188 e. The lowest BCUT2D eigenvalue weighted by Gasteiger charge is -2.01. The topological polar surface area (TPSA) is 37.8 Å². The molecule has 2 aromatic carbocycles. The Morgan fingerprint density at radius 2 is 2.05 bits per heavy atom. The predicted molar refractivity (Wildman–Crippen MR) is 87.3 cm³/mol. The molecule has 0 saturated carbocycles. The molecule has 5 heteroatoms. The van der Waals surface area contributed by atoms with E-state index in [9.17, 15) is 0 Å². The van der Waals surface area contributed by atoms with Crippen molar-refractivity contribution in [1.82, 2.24) is 9.97 Å². The molecule has 4 rings (SSSR count). The zero-order chi connectivity index (χ0) is 13.5. The fraction of sp³-hybridized carbons (Fsp3) is 0.0667. The minimum absolute atomic E-state index is 0.929. The largest absolute Gasteiger partial charge is 0.331 e. The summed E-state index contributed by atoms with van der Waals surface area (Å²) < 4.78 is 2.40. The van der Waals surface area contributed by atoms with Crippen LogP contribution in [0.3, 0.4) is 0 Å². The Morgan fingerprint density at radius 1 is 1.10 bits per heavy atom. The molecule has 0 aliphatic rings. The Balaban J connectivity index is 1.74. The van der Waals surface area contributed by atoms with Crippen LogP contribution in [0.25, 0.3) is 20.4 Å². The van der Waals surface area contributed by atoms with Crippen molar-refractivity contribution in [1.29, 1.82) is 0 Å². The molecule has 0 unspecified atom stereocenters. The van der Waals surface area contributed by atoms with Crippen LogP contribution in [0.5, 0.6) is 0 Å². The first-order chi connectivity index (χ1) is 9.79. The van der Waals surface area contributed by atoms with Gasteiger partial charge in [0.2, 0.25) is 0 Å². The van der Waals surface area contributed by atoms with Crippen molar-refractivity contribution in [2.24, 2.45) is 0 Å². The van der Waals surface area contributed by atoms with E-state index in [0.29, 0.717) is 0 Å². The Bertz CT molecular complexity index is 908. The number of benzene rings is 2. The molecule has 3 nitrogen and oxygen atoms in total. The van der Waals surface area contributed by atoms with Gasteiger partial charge in [-0.25, -0.2) is 9.97 Å². The molecule has 0 amide bonds. The summed E-state index contributed by atoms with van der Waals surface area (Å²) in [6, 6.07) is 12.5. The van der Waals surface area contributed by atoms with E-state index in [2.05, 4.69) is 46.5 Å². The van der Waals surface area contributed by atoms with E-state index in [1.165, 1.54) is 15.0 Å². The maximum absolute atomic E-state index is 4.67. The van der Waals surface area contributed by atoms with Gasteiger partial charge in [-0.2, -0.15) is 0 Å². The number of rotatable bonds is 2. The van der Waals surface area contributed by atoms with Crippen LogP contribution >= 0.6 is 22.7 Å². The van der Waals surface area contributed by atoms with Gasteiger partial charge in [0.15, 0.2) is 5.13 Å². The average Bonchev–Trinajstić information content (AvgIpc) is 3.05. The number of nitrogens with one attached hydrogen (secondary N) is 1. The number of thiazole rings is 2. The summed E-state index contributed by atoms with van der Waals surface area (Å²) in [4.78, 5) is 8.96. The van der Waals surface area contributed by atoms with Crippen LogP contribution in [-0.2, 0) is 0 Å². The van der Waals surface area contributed by atoms with Gasteiger partial charge in [-0.1, -0.05) is 23.5 Å². The second-order valence-corrected chi connectivity index (χ2v) is 6.52. The highest BCUT2D eigenvalue weighted by Gasteiger charge is 2.06. The normalized spacial score (nSPS) is 11.2. The van der Waals surface area contributed by atoms with Crippen LogP contribution < -0.4 is 5.32 Å². The van der Waals surface area contributed by atoms with E-state index < -0.39 is 0 Å². The average molecular weight is 297 g/mol. The lowest BCUT2D eigenvalue weighted by atomic mass is 10.2. The van der Waals surface area contributed by atoms with Crippen LogP contribution in [0, 0.1) is 6.92 Å². The second-order valence-electron chi connectivity index (χ2n) is 4.60. The molecule has 0 aliphatic carbocycles. The Hall–Kier alpha value is -1.98. The van der Waals surface area contributed by atoms with Crippen molar-refractivity contribution in [3.63, 3.8) is 0 Å². The Kier molecular flexibility index (Phi) is 2.68. The summed E-state index contributed by atoms with van der Waals surface area (Å²) >= 11 is 3.33. The SMILES string of the molecule is Cc1cccc2sc(Nc3ccc4ncsc4c3)nc12. The zero-order valence-electron chi connectivity index (χ0n) is 10.8. The highest BCUT2D eigenvalue weighted by atomic mass is 32.1. The van der Waals surface area contributed by atoms with Crippen LogP contribution in [0.1, 0.15) is 5.56 Å². The summed E-state index contributed by atoms with van der Waals surface area (Å²) in [5.74, 6) is 0. The van der Waals surface area contributed by atoms with Crippen molar-refractivity contribution in [3.8, 4) is 0 Å². The molecule has 0 radical (unpaired) electrons. The van der Waals surface area contributed by atoms with E-state index >= 15 is 0 Å². The molecule has 0 aliphatic heterocycles. The predicted octanol–water partition coefficient (Wildman–Crippen LogP) is 4.96. The Morgan fingerprint density at radius 3 is 2.95 bits per heavy atom. The summed E-state index contributed by atoms with van der Waals surface area (Å²) in [6.07, 6.45) is 0. The van der Waals surface area contributed by atoms with Crippen LogP contribution in [-0.4, -0.2) is 9.97 Å². The van der Waals surface area contributed by atoms with Crippen molar-refractivity contribution in [2.75, 3.05) is 5.32 Å². The minimum atomic E-state index is 0.929. The molecular formula is C15H11N3S2. The lowest BCUT2D eigenvalue weighted by Crippen LogP contribution is -1.88. The number of anilines is 2. The van der Waals surface area contributed by atoms with Crippen molar-refractivity contribution in [3.05, 3.63) is 47.5 Å². The van der Waals surface area contributed by atoms with Crippen LogP contribution in [0.4, 0.5) is 10.8 Å². The molecule has 98 valence electrons. The van der Waals surface area contributed by atoms with Gasteiger partial charge < -0.3 is 5.32 Å². The fourth-order valence-electron chi connectivity index (χ4n) is 2.20. The summed E-state index contributed by atoms with van der Waals surface area (Å²) in [6.45, 7) is 2.09. The third-order valence-electron chi connectivity index (χ3n) is 3.20. The molecule has 0 bridgehead atoms. The maximum Gasteiger partial charge on any atom is 0.188 e. The zero-order valence-corrected chi connectivity index (χ0v) is 12.4. The van der Waals surface area contributed by atoms with Gasteiger partial charge in [0, 0.05) is 5.69 Å². The Labute approximate surface area is 123 Å². The van der Waals surface area contributed by atoms with Crippen molar-refractivity contribution < 1.29 is 0 Å².